The van der Waals surface area contributed by atoms with Gasteiger partial charge in [0.1, 0.15) is 11.5 Å². The smallest absolute Gasteiger partial charge is 0.337 e. The number of carbonyl (C=O) groups is 1. The van der Waals surface area contributed by atoms with Crippen molar-refractivity contribution >= 4 is 23.0 Å². The summed E-state index contributed by atoms with van der Waals surface area (Å²) in [5, 5.41) is 6.48. The zero-order chi connectivity index (χ0) is 23.8. The number of halogens is 3. The molecule has 7 nitrogen and oxygen atoms in total. The summed E-state index contributed by atoms with van der Waals surface area (Å²) < 4.78 is 42.4. The molecule has 0 aliphatic carbocycles. The predicted molar refractivity (Wildman–Crippen MR) is 117 cm³/mol. The van der Waals surface area contributed by atoms with Crippen molar-refractivity contribution in [2.75, 3.05) is 7.05 Å². The Morgan fingerprint density at radius 3 is 2.59 bits per heavy atom. The largest absolute Gasteiger partial charge is 0.433 e. The molecule has 0 radical (unpaired) electrons. The van der Waals surface area contributed by atoms with Crippen LogP contribution in [0.4, 0.5) is 13.2 Å². The molecule has 0 saturated carbocycles. The van der Waals surface area contributed by atoms with Crippen LogP contribution in [-0.4, -0.2) is 44.5 Å². The maximum atomic E-state index is 13.5. The van der Waals surface area contributed by atoms with Crippen LogP contribution in [0, 0.1) is 13.8 Å². The van der Waals surface area contributed by atoms with Crippen molar-refractivity contribution in [2.45, 2.75) is 26.6 Å². The molecule has 2 aromatic rings. The van der Waals surface area contributed by atoms with Gasteiger partial charge in [0, 0.05) is 37.5 Å². The van der Waals surface area contributed by atoms with E-state index in [2.05, 4.69) is 16.7 Å². The second kappa shape index (κ2) is 8.75. The molecule has 1 aliphatic heterocycles. The van der Waals surface area contributed by atoms with Crippen molar-refractivity contribution in [1.82, 2.24) is 19.7 Å². The van der Waals surface area contributed by atoms with E-state index in [0.29, 0.717) is 9.89 Å². The van der Waals surface area contributed by atoms with Gasteiger partial charge in [0.2, 0.25) is 0 Å². The topological polar surface area (TPSA) is 79.8 Å². The summed E-state index contributed by atoms with van der Waals surface area (Å²) in [7, 11) is 3.39. The highest BCUT2D eigenvalue weighted by molar-refractivity contribution is 7.12. The third-order valence-electron chi connectivity index (χ3n) is 5.06. The molecule has 0 saturated heterocycles. The molecule has 0 fully saturated rings. The van der Waals surface area contributed by atoms with Gasteiger partial charge in [-0.3, -0.25) is 14.5 Å². The number of rotatable bonds is 5. The molecule has 2 N–H and O–H groups in total. The number of nitrogens with two attached hydrogens (primary N) is 1. The third-order valence-corrected chi connectivity index (χ3v) is 5.95. The Kier molecular flexibility index (Phi) is 6.42. The van der Waals surface area contributed by atoms with Crippen LogP contribution in [0.1, 0.15) is 21.8 Å². The van der Waals surface area contributed by atoms with Crippen LogP contribution < -0.4 is 5.84 Å². The number of nitrogens with zero attached hydrogens (tertiary/aromatic N) is 5. The van der Waals surface area contributed by atoms with Crippen molar-refractivity contribution in [3.63, 3.8) is 0 Å². The minimum Gasteiger partial charge on any atom is -0.337 e. The van der Waals surface area contributed by atoms with Crippen LogP contribution in [-0.2, 0) is 18.4 Å². The highest BCUT2D eigenvalue weighted by atomic mass is 32.1. The molecule has 0 aromatic carbocycles. The van der Waals surface area contributed by atoms with E-state index in [4.69, 9.17) is 5.84 Å². The number of alkyl halides is 3. The fourth-order valence-corrected chi connectivity index (χ4v) is 3.91. The number of hydrogen-bond acceptors (Lipinski definition) is 6. The standard InChI is InChI=1S/C21H23F3N6OS/c1-12(20(31)28(4)11-15-13(2)27-29(5)14(15)3)9-19-26-16(17-7-6-8-32-17)10-18(30(19)25)21(22,23)24/h6-10H,1,11,25H2,2-5H3/b19-9-. The summed E-state index contributed by atoms with van der Waals surface area (Å²) in [5.74, 6) is 5.01. The fraction of sp³-hybridized carbons (Fsp3) is 0.286. The Morgan fingerprint density at radius 1 is 1.38 bits per heavy atom. The van der Waals surface area contributed by atoms with Gasteiger partial charge in [-0.25, -0.2) is 10.8 Å². The zero-order valence-corrected chi connectivity index (χ0v) is 18.9. The molecule has 1 amide bonds. The minimum atomic E-state index is -4.70. The van der Waals surface area contributed by atoms with Gasteiger partial charge < -0.3 is 4.90 Å². The average Bonchev–Trinajstić information content (AvgIpc) is 3.32. The molecule has 170 valence electrons. The summed E-state index contributed by atoms with van der Waals surface area (Å²) in [6.07, 6.45) is -2.66. The molecule has 32 heavy (non-hydrogen) atoms. The summed E-state index contributed by atoms with van der Waals surface area (Å²) in [5.41, 5.74) is 1.57. The number of aliphatic imine (C=N–C) groups is 1. The van der Waals surface area contributed by atoms with Crippen LogP contribution >= 0.6 is 11.3 Å². The number of amides is 1. The molecule has 0 atom stereocenters. The van der Waals surface area contributed by atoms with Gasteiger partial charge in [-0.05, 0) is 37.4 Å². The van der Waals surface area contributed by atoms with E-state index in [0.717, 1.165) is 29.1 Å². The van der Waals surface area contributed by atoms with E-state index in [9.17, 15) is 18.0 Å². The van der Waals surface area contributed by atoms with E-state index >= 15 is 0 Å². The maximum Gasteiger partial charge on any atom is 0.433 e. The average molecular weight is 465 g/mol. The first-order valence-corrected chi connectivity index (χ1v) is 10.4. The van der Waals surface area contributed by atoms with Crippen molar-refractivity contribution in [3.05, 3.63) is 75.2 Å². The van der Waals surface area contributed by atoms with Crippen molar-refractivity contribution < 1.29 is 18.0 Å². The highest BCUT2D eigenvalue weighted by Crippen LogP contribution is 2.33. The molecule has 0 spiro atoms. The first-order chi connectivity index (χ1) is 14.9. The lowest BCUT2D eigenvalue weighted by molar-refractivity contribution is -0.126. The lowest BCUT2D eigenvalue weighted by Gasteiger charge is -2.28. The number of allylic oxidation sites excluding steroid dienone is 2. The highest BCUT2D eigenvalue weighted by Gasteiger charge is 2.40. The number of carbonyl (C=O) groups excluding carboxylic acids is 1. The number of aryl methyl sites for hydroxylation is 2. The second-order valence-electron chi connectivity index (χ2n) is 7.33. The van der Waals surface area contributed by atoms with Crippen LogP contribution in [0.15, 0.2) is 58.3 Å². The van der Waals surface area contributed by atoms with E-state index in [1.54, 1.807) is 29.2 Å². The van der Waals surface area contributed by atoms with E-state index < -0.39 is 17.8 Å². The lowest BCUT2D eigenvalue weighted by atomic mass is 10.1. The predicted octanol–water partition coefficient (Wildman–Crippen LogP) is 3.58. The number of hydrogen-bond donors (Lipinski definition) is 1. The summed E-state index contributed by atoms with van der Waals surface area (Å²) in [4.78, 5) is 19.1. The van der Waals surface area contributed by atoms with E-state index in [1.807, 2.05) is 20.9 Å². The fourth-order valence-electron chi connectivity index (χ4n) is 3.22. The van der Waals surface area contributed by atoms with Gasteiger partial charge in [0.25, 0.3) is 5.91 Å². The summed E-state index contributed by atoms with van der Waals surface area (Å²) in [6.45, 7) is 7.75. The molecule has 3 heterocycles. The Balaban J connectivity index is 1.88. The van der Waals surface area contributed by atoms with Crippen LogP contribution in [0.5, 0.6) is 0 Å². The molecular weight excluding hydrogens is 441 g/mol. The van der Waals surface area contributed by atoms with Gasteiger partial charge in [-0.1, -0.05) is 12.6 Å². The van der Waals surface area contributed by atoms with E-state index in [-0.39, 0.29) is 23.7 Å². The third kappa shape index (κ3) is 4.68. The van der Waals surface area contributed by atoms with Crippen molar-refractivity contribution in [2.24, 2.45) is 17.9 Å². The molecule has 2 aromatic heterocycles. The number of likely N-dealkylation sites (N-methyl/N-ethyl adjacent to an activating group) is 1. The van der Waals surface area contributed by atoms with Gasteiger partial charge in [-0.2, -0.15) is 18.3 Å². The molecule has 0 unspecified atom stereocenters. The Labute approximate surface area is 187 Å². The van der Waals surface area contributed by atoms with Gasteiger partial charge in [0.15, 0.2) is 0 Å². The first kappa shape index (κ1) is 23.5. The Morgan fingerprint density at radius 2 is 2.06 bits per heavy atom. The summed E-state index contributed by atoms with van der Waals surface area (Å²) in [6, 6.07) is 3.37. The number of hydrazine groups is 1. The first-order valence-electron chi connectivity index (χ1n) is 9.51. The van der Waals surface area contributed by atoms with Crippen molar-refractivity contribution in [3.8, 4) is 0 Å². The van der Waals surface area contributed by atoms with E-state index in [1.165, 1.54) is 16.2 Å². The zero-order valence-electron chi connectivity index (χ0n) is 18.1. The number of aromatic nitrogens is 2. The van der Waals surface area contributed by atoms with Crippen LogP contribution in [0.2, 0.25) is 0 Å². The quantitative estimate of drug-likeness (QED) is 0.542. The lowest BCUT2D eigenvalue weighted by Crippen LogP contribution is -2.39. The Bertz CT molecular complexity index is 1140. The van der Waals surface area contributed by atoms with Crippen LogP contribution in [0.3, 0.4) is 0 Å². The molecule has 3 rings (SSSR count). The van der Waals surface area contributed by atoms with Crippen LogP contribution in [0.25, 0.3) is 0 Å². The second-order valence-corrected chi connectivity index (χ2v) is 8.28. The minimum absolute atomic E-state index is 0.0464. The number of thiophene rings is 1. The maximum absolute atomic E-state index is 13.5. The Hall–Kier alpha value is -3.18. The van der Waals surface area contributed by atoms with Crippen molar-refractivity contribution in [1.29, 1.82) is 0 Å². The molecule has 0 bridgehead atoms. The van der Waals surface area contributed by atoms with Gasteiger partial charge in [-0.15, -0.1) is 11.3 Å². The molecular formula is C21H23F3N6OS. The monoisotopic (exact) mass is 464 g/mol. The molecule has 1 aliphatic rings. The van der Waals surface area contributed by atoms with Gasteiger partial charge >= 0.3 is 6.18 Å². The summed E-state index contributed by atoms with van der Waals surface area (Å²) >= 11 is 1.25. The normalized spacial score (nSPS) is 15.6. The van der Waals surface area contributed by atoms with Gasteiger partial charge in [0.05, 0.1) is 16.3 Å². The molecule has 11 heteroatoms. The SMILES string of the molecule is C=C(/C=C1/N=C(c2cccs2)C=C(C(F)(F)F)N1N)C(=O)N(C)Cc1c(C)nn(C)c1C.